The molecule has 2 saturated heterocycles. The van der Waals surface area contributed by atoms with Crippen LogP contribution in [0.1, 0.15) is 48.2 Å². The summed E-state index contributed by atoms with van der Waals surface area (Å²) in [7, 11) is 0. The highest BCUT2D eigenvalue weighted by Crippen LogP contribution is 2.45. The first-order chi connectivity index (χ1) is 12.6. The minimum Gasteiger partial charge on any atom is -0.458 e. The number of thiophene rings is 1. The lowest BCUT2D eigenvalue weighted by Gasteiger charge is -2.40. The lowest BCUT2D eigenvalue weighted by molar-refractivity contribution is -0.156. The summed E-state index contributed by atoms with van der Waals surface area (Å²) >= 11 is 1.44. The summed E-state index contributed by atoms with van der Waals surface area (Å²) in [6.07, 6.45) is 4.97. The fourth-order valence-electron chi connectivity index (χ4n) is 4.51. The first-order valence-electron chi connectivity index (χ1n) is 9.42. The molecule has 0 N–H and O–H groups in total. The van der Waals surface area contributed by atoms with Gasteiger partial charge < -0.3 is 14.5 Å². The zero-order chi connectivity index (χ0) is 18.1. The van der Waals surface area contributed by atoms with Gasteiger partial charge in [-0.25, -0.2) is 0 Å². The van der Waals surface area contributed by atoms with Crippen LogP contribution in [0.5, 0.6) is 0 Å². The molecule has 4 rings (SSSR count). The maximum absolute atomic E-state index is 13.1. The smallest absolute Gasteiger partial charge is 0.307 e. The van der Waals surface area contributed by atoms with Gasteiger partial charge in [0.05, 0.1) is 17.2 Å². The molecule has 0 aromatic carbocycles. The third-order valence-corrected chi connectivity index (χ3v) is 6.79. The van der Waals surface area contributed by atoms with E-state index in [2.05, 4.69) is 0 Å². The second-order valence-corrected chi connectivity index (χ2v) is 8.40. The zero-order valence-corrected chi connectivity index (χ0v) is 15.6. The zero-order valence-electron chi connectivity index (χ0n) is 14.8. The maximum Gasteiger partial charge on any atom is 0.307 e. The normalized spacial score (nSPS) is 25.4. The molecule has 2 aliphatic heterocycles. The number of amides is 2. The predicted octanol–water partition coefficient (Wildman–Crippen LogP) is 2.30. The molecule has 1 aliphatic carbocycles. The number of carbonyl (C=O) groups is 3. The molecule has 1 saturated carbocycles. The molecular weight excluding hydrogens is 352 g/mol. The average molecular weight is 376 g/mol. The van der Waals surface area contributed by atoms with Crippen LogP contribution in [0.2, 0.25) is 0 Å². The molecule has 1 atom stereocenters. The van der Waals surface area contributed by atoms with Gasteiger partial charge in [0.15, 0.2) is 0 Å². The standard InChI is InChI=1S/C19H24N2O4S/c22-16-13-14(19(25-16)6-2-1-3-7-19)17(23)20-8-10-21(11-9-20)18(24)15-5-4-12-26-15/h4-5,12,14H,1-3,6-11,13H2/t14-/m1/s1. The highest BCUT2D eigenvalue weighted by atomic mass is 32.1. The average Bonchev–Trinajstić information content (AvgIpc) is 3.30. The summed E-state index contributed by atoms with van der Waals surface area (Å²) in [4.78, 5) is 41.9. The summed E-state index contributed by atoms with van der Waals surface area (Å²) in [5, 5.41) is 1.90. The molecule has 0 radical (unpaired) electrons. The lowest BCUT2D eigenvalue weighted by Crippen LogP contribution is -2.54. The van der Waals surface area contributed by atoms with Crippen LogP contribution in [0.15, 0.2) is 17.5 Å². The fraction of sp³-hybridized carbons (Fsp3) is 0.632. The fourth-order valence-corrected chi connectivity index (χ4v) is 5.20. The van der Waals surface area contributed by atoms with E-state index in [1.807, 2.05) is 27.3 Å². The Labute approximate surface area is 157 Å². The van der Waals surface area contributed by atoms with Gasteiger partial charge in [-0.15, -0.1) is 11.3 Å². The highest BCUT2D eigenvalue weighted by molar-refractivity contribution is 7.12. The van der Waals surface area contributed by atoms with E-state index < -0.39 is 5.60 Å². The second kappa shape index (κ2) is 7.02. The molecule has 1 spiro atoms. The van der Waals surface area contributed by atoms with Gasteiger partial charge in [0.25, 0.3) is 5.91 Å². The van der Waals surface area contributed by atoms with Gasteiger partial charge in [-0.3, -0.25) is 14.4 Å². The molecule has 0 unspecified atom stereocenters. The molecule has 1 aromatic heterocycles. The van der Waals surface area contributed by atoms with Crippen molar-refractivity contribution in [3.05, 3.63) is 22.4 Å². The van der Waals surface area contributed by atoms with Gasteiger partial charge in [0, 0.05) is 26.2 Å². The molecule has 7 heteroatoms. The Morgan fingerprint density at radius 3 is 2.42 bits per heavy atom. The Hall–Kier alpha value is -1.89. The van der Waals surface area contributed by atoms with Crippen LogP contribution in [0.3, 0.4) is 0 Å². The molecule has 1 aromatic rings. The van der Waals surface area contributed by atoms with Crippen molar-refractivity contribution in [3.8, 4) is 0 Å². The van der Waals surface area contributed by atoms with Crippen LogP contribution >= 0.6 is 11.3 Å². The van der Waals surface area contributed by atoms with E-state index in [0.717, 1.165) is 37.0 Å². The monoisotopic (exact) mass is 376 g/mol. The Morgan fingerprint density at radius 2 is 1.77 bits per heavy atom. The Kier molecular flexibility index (Phi) is 4.73. The topological polar surface area (TPSA) is 66.9 Å². The van der Waals surface area contributed by atoms with E-state index in [9.17, 15) is 14.4 Å². The number of esters is 1. The van der Waals surface area contributed by atoms with Gasteiger partial charge in [-0.1, -0.05) is 12.5 Å². The van der Waals surface area contributed by atoms with E-state index in [-0.39, 0.29) is 30.1 Å². The van der Waals surface area contributed by atoms with Crippen molar-refractivity contribution in [1.82, 2.24) is 9.80 Å². The van der Waals surface area contributed by atoms with Gasteiger partial charge >= 0.3 is 5.97 Å². The third-order valence-electron chi connectivity index (χ3n) is 5.93. The molecule has 6 nitrogen and oxygen atoms in total. The summed E-state index contributed by atoms with van der Waals surface area (Å²) < 4.78 is 5.67. The predicted molar refractivity (Wildman–Crippen MR) is 96.8 cm³/mol. The highest BCUT2D eigenvalue weighted by Gasteiger charge is 2.53. The van der Waals surface area contributed by atoms with Crippen LogP contribution in [0.4, 0.5) is 0 Å². The van der Waals surface area contributed by atoms with E-state index in [4.69, 9.17) is 4.74 Å². The minimum absolute atomic E-state index is 0.0287. The molecule has 3 aliphatic rings. The van der Waals surface area contributed by atoms with Crippen LogP contribution < -0.4 is 0 Å². The van der Waals surface area contributed by atoms with Crippen LogP contribution in [-0.2, 0) is 14.3 Å². The van der Waals surface area contributed by atoms with Crippen LogP contribution in [-0.4, -0.2) is 59.4 Å². The molecule has 140 valence electrons. The SMILES string of the molecule is O=C1C[C@H](C(=O)N2CCN(C(=O)c3cccs3)CC2)C2(CCCCC2)O1. The van der Waals surface area contributed by atoms with Gasteiger partial charge in [0.2, 0.25) is 5.91 Å². The number of carbonyl (C=O) groups excluding carboxylic acids is 3. The number of piperazine rings is 1. The van der Waals surface area contributed by atoms with Crippen molar-refractivity contribution in [2.45, 2.75) is 44.1 Å². The summed E-state index contributed by atoms with van der Waals surface area (Å²) in [5.74, 6) is -0.525. The quantitative estimate of drug-likeness (QED) is 0.743. The number of hydrogen-bond acceptors (Lipinski definition) is 5. The molecule has 3 heterocycles. The Bertz CT molecular complexity index is 688. The van der Waals surface area contributed by atoms with Crippen molar-refractivity contribution in [1.29, 1.82) is 0 Å². The van der Waals surface area contributed by atoms with Crippen molar-refractivity contribution in [2.24, 2.45) is 5.92 Å². The van der Waals surface area contributed by atoms with E-state index >= 15 is 0 Å². The molecule has 26 heavy (non-hydrogen) atoms. The van der Waals surface area contributed by atoms with Gasteiger partial charge in [0.1, 0.15) is 5.60 Å². The summed E-state index contributed by atoms with van der Waals surface area (Å²) in [6.45, 7) is 2.13. The molecular formula is C19H24N2O4S. The summed E-state index contributed by atoms with van der Waals surface area (Å²) in [6, 6.07) is 3.71. The van der Waals surface area contributed by atoms with Gasteiger partial charge in [-0.05, 0) is 37.1 Å². The molecule has 0 bridgehead atoms. The molecule has 3 fully saturated rings. The molecule has 2 amide bonds. The van der Waals surface area contributed by atoms with Gasteiger partial charge in [-0.2, -0.15) is 0 Å². The van der Waals surface area contributed by atoms with E-state index in [1.54, 1.807) is 0 Å². The Morgan fingerprint density at radius 1 is 1.08 bits per heavy atom. The number of hydrogen-bond donors (Lipinski definition) is 0. The van der Waals surface area contributed by atoms with E-state index in [0.29, 0.717) is 26.2 Å². The summed E-state index contributed by atoms with van der Waals surface area (Å²) in [5.41, 5.74) is -0.573. The van der Waals surface area contributed by atoms with Crippen molar-refractivity contribution in [3.63, 3.8) is 0 Å². The number of rotatable bonds is 2. The van der Waals surface area contributed by atoms with Crippen molar-refractivity contribution in [2.75, 3.05) is 26.2 Å². The van der Waals surface area contributed by atoms with Crippen LogP contribution in [0, 0.1) is 5.92 Å². The second-order valence-electron chi connectivity index (χ2n) is 7.45. The maximum atomic E-state index is 13.1. The lowest BCUT2D eigenvalue weighted by atomic mass is 9.75. The third kappa shape index (κ3) is 3.13. The van der Waals surface area contributed by atoms with E-state index in [1.165, 1.54) is 11.3 Å². The first kappa shape index (κ1) is 17.5. The number of ether oxygens (including phenoxy) is 1. The van der Waals surface area contributed by atoms with Crippen molar-refractivity contribution < 1.29 is 19.1 Å². The first-order valence-corrected chi connectivity index (χ1v) is 10.3. The van der Waals surface area contributed by atoms with Crippen LogP contribution in [0.25, 0.3) is 0 Å². The van der Waals surface area contributed by atoms with Crippen molar-refractivity contribution >= 4 is 29.1 Å². The Balaban J connectivity index is 1.40. The minimum atomic E-state index is -0.573. The largest absolute Gasteiger partial charge is 0.458 e. The number of nitrogens with zero attached hydrogens (tertiary/aromatic N) is 2.